The van der Waals surface area contributed by atoms with E-state index in [1.165, 1.54) is 44.2 Å². The lowest BCUT2D eigenvalue weighted by molar-refractivity contribution is 1.33. The van der Waals surface area contributed by atoms with Gasteiger partial charge in [0.05, 0.1) is 22.4 Å². The molecule has 3 heteroatoms. The maximum Gasteiger partial charge on any atom is 0.0972 e. The van der Waals surface area contributed by atoms with Crippen LogP contribution in [0.4, 0.5) is 0 Å². The van der Waals surface area contributed by atoms with Crippen LogP contribution in [0.1, 0.15) is 0 Å². The lowest BCUT2D eigenvalue weighted by Crippen LogP contribution is -1.91. The van der Waals surface area contributed by atoms with Gasteiger partial charge in [0, 0.05) is 34.3 Å². The van der Waals surface area contributed by atoms with Crippen LogP contribution in [0.2, 0.25) is 0 Å². The lowest BCUT2D eigenvalue weighted by Gasteiger charge is -2.11. The van der Waals surface area contributed by atoms with E-state index in [1.54, 1.807) is 0 Å². The van der Waals surface area contributed by atoms with E-state index in [0.717, 1.165) is 55.4 Å². The highest BCUT2D eigenvalue weighted by molar-refractivity contribution is 6.15. The average molecular weight is 610 g/mol. The molecule has 48 heavy (non-hydrogen) atoms. The molecule has 10 rings (SSSR count). The van der Waals surface area contributed by atoms with E-state index >= 15 is 0 Å². The summed E-state index contributed by atoms with van der Waals surface area (Å²) < 4.78 is 0. The van der Waals surface area contributed by atoms with Crippen LogP contribution in [0.3, 0.4) is 0 Å². The fourth-order valence-corrected chi connectivity index (χ4v) is 7.32. The van der Waals surface area contributed by atoms with Crippen molar-refractivity contribution in [3.8, 4) is 67.0 Å². The van der Waals surface area contributed by atoms with E-state index in [2.05, 4.69) is 145 Å². The zero-order valence-electron chi connectivity index (χ0n) is 25.9. The number of nitrogens with zero attached hydrogens (tertiary/aromatic N) is 3. The van der Waals surface area contributed by atoms with Gasteiger partial charge in [-0.3, -0.25) is 4.98 Å². The number of benzene rings is 6. The van der Waals surface area contributed by atoms with Gasteiger partial charge in [0.25, 0.3) is 0 Å². The molecular formula is C45H27N3. The Morgan fingerprint density at radius 1 is 0.312 bits per heavy atom. The first-order chi connectivity index (χ1) is 23.8. The Labute approximate surface area is 277 Å². The number of hydrogen-bond acceptors (Lipinski definition) is 3. The fraction of sp³-hybridized carbons (Fsp3) is 0. The molecule has 0 saturated carbocycles. The summed E-state index contributed by atoms with van der Waals surface area (Å²) in [6, 6.07) is 54.2. The Kier molecular flexibility index (Phi) is 5.87. The number of fused-ring (bicyclic) bond motifs is 6. The Balaban J connectivity index is 1.05. The van der Waals surface area contributed by atoms with Crippen LogP contribution in [-0.4, -0.2) is 15.0 Å². The number of rotatable bonds is 4. The van der Waals surface area contributed by atoms with Crippen molar-refractivity contribution in [3.63, 3.8) is 0 Å². The first-order valence-corrected chi connectivity index (χ1v) is 16.3. The van der Waals surface area contributed by atoms with Crippen molar-refractivity contribution in [2.24, 2.45) is 0 Å². The summed E-state index contributed by atoms with van der Waals surface area (Å²) in [4.78, 5) is 14.6. The van der Waals surface area contributed by atoms with Gasteiger partial charge < -0.3 is 0 Å². The van der Waals surface area contributed by atoms with Crippen molar-refractivity contribution in [2.75, 3.05) is 0 Å². The van der Waals surface area contributed by atoms with Gasteiger partial charge in [-0.15, -0.1) is 0 Å². The second-order valence-corrected chi connectivity index (χ2v) is 12.5. The van der Waals surface area contributed by atoms with Gasteiger partial charge in [-0.25, -0.2) is 9.97 Å². The highest BCUT2D eigenvalue weighted by Crippen LogP contribution is 2.48. The standard InChI is InChI=1S/C45H27N3/c1-7-32(28-21-23-46-24-22-28)25-35(9-1)41-19-16-30-13-14-31-17-20-42(48-45(31)44(30)47-41)36-10-2-8-33(26-36)34-15-18-37-38-11-3-5-29-6-4-12-39(43(29)38)40(37)27-34/h1-27H. The van der Waals surface area contributed by atoms with E-state index in [9.17, 15) is 0 Å². The molecule has 222 valence electrons. The maximum absolute atomic E-state index is 5.25. The van der Waals surface area contributed by atoms with Gasteiger partial charge in [-0.2, -0.15) is 0 Å². The summed E-state index contributed by atoms with van der Waals surface area (Å²) >= 11 is 0. The molecule has 0 amide bonds. The van der Waals surface area contributed by atoms with E-state index in [4.69, 9.17) is 9.97 Å². The Morgan fingerprint density at radius 3 is 1.48 bits per heavy atom. The molecule has 0 radical (unpaired) electrons. The highest BCUT2D eigenvalue weighted by Gasteiger charge is 2.21. The van der Waals surface area contributed by atoms with Crippen LogP contribution in [0.15, 0.2) is 164 Å². The Bertz CT molecular complexity index is 2720. The number of aromatic nitrogens is 3. The van der Waals surface area contributed by atoms with Crippen LogP contribution in [-0.2, 0) is 0 Å². The predicted molar refractivity (Wildman–Crippen MR) is 199 cm³/mol. The molecule has 6 aromatic carbocycles. The fourth-order valence-electron chi connectivity index (χ4n) is 7.32. The van der Waals surface area contributed by atoms with Crippen molar-refractivity contribution in [2.45, 2.75) is 0 Å². The summed E-state index contributed by atoms with van der Waals surface area (Å²) in [5.41, 5.74) is 15.7. The van der Waals surface area contributed by atoms with Crippen LogP contribution in [0.25, 0.3) is 99.6 Å². The summed E-state index contributed by atoms with van der Waals surface area (Å²) in [5, 5.41) is 4.79. The molecule has 0 N–H and O–H groups in total. The molecular weight excluding hydrogens is 583 g/mol. The summed E-state index contributed by atoms with van der Waals surface area (Å²) in [6.45, 7) is 0. The van der Waals surface area contributed by atoms with E-state index < -0.39 is 0 Å². The third-order valence-electron chi connectivity index (χ3n) is 9.69. The van der Waals surface area contributed by atoms with Gasteiger partial charge in [-0.1, -0.05) is 109 Å². The third kappa shape index (κ3) is 4.25. The topological polar surface area (TPSA) is 38.7 Å². The van der Waals surface area contributed by atoms with Gasteiger partial charge in [0.15, 0.2) is 0 Å². The maximum atomic E-state index is 5.25. The van der Waals surface area contributed by atoms with Crippen molar-refractivity contribution in [1.82, 2.24) is 15.0 Å². The van der Waals surface area contributed by atoms with Crippen molar-refractivity contribution >= 4 is 32.6 Å². The number of hydrogen-bond donors (Lipinski definition) is 0. The minimum Gasteiger partial charge on any atom is -0.265 e. The molecule has 9 aromatic rings. The molecule has 0 aliphatic heterocycles. The molecule has 1 aliphatic rings. The van der Waals surface area contributed by atoms with Crippen LogP contribution >= 0.6 is 0 Å². The minimum absolute atomic E-state index is 0.907. The molecule has 0 fully saturated rings. The molecule has 0 atom stereocenters. The van der Waals surface area contributed by atoms with Gasteiger partial charge >= 0.3 is 0 Å². The molecule has 1 aliphatic carbocycles. The molecule has 0 saturated heterocycles. The van der Waals surface area contributed by atoms with Crippen molar-refractivity contribution < 1.29 is 0 Å². The van der Waals surface area contributed by atoms with Gasteiger partial charge in [0.1, 0.15) is 0 Å². The largest absolute Gasteiger partial charge is 0.265 e. The SMILES string of the molecule is c1cc(-c2ccncc2)cc(-c2ccc3ccc4ccc(-c5cccc(-c6ccc7c(c6)-c6cccc8cccc-7c68)c5)nc4c3n2)c1. The summed E-state index contributed by atoms with van der Waals surface area (Å²) in [6.07, 6.45) is 3.65. The lowest BCUT2D eigenvalue weighted by atomic mass is 9.96. The van der Waals surface area contributed by atoms with Gasteiger partial charge in [-0.05, 0) is 97.7 Å². The Morgan fingerprint density at radius 2 is 0.833 bits per heavy atom. The van der Waals surface area contributed by atoms with Gasteiger partial charge in [0.2, 0.25) is 0 Å². The first kappa shape index (κ1) is 26.7. The van der Waals surface area contributed by atoms with E-state index in [-0.39, 0.29) is 0 Å². The normalized spacial score (nSPS) is 11.8. The van der Waals surface area contributed by atoms with Crippen LogP contribution in [0, 0.1) is 0 Å². The smallest absolute Gasteiger partial charge is 0.0972 e. The Hall–Kier alpha value is -6.45. The first-order valence-electron chi connectivity index (χ1n) is 16.3. The zero-order chi connectivity index (χ0) is 31.6. The average Bonchev–Trinajstić information content (AvgIpc) is 3.49. The molecule has 0 bridgehead atoms. The predicted octanol–water partition coefficient (Wildman–Crippen LogP) is 11.6. The second-order valence-electron chi connectivity index (χ2n) is 12.5. The molecule has 3 heterocycles. The summed E-state index contributed by atoms with van der Waals surface area (Å²) in [7, 11) is 0. The molecule has 0 unspecified atom stereocenters. The van der Waals surface area contributed by atoms with E-state index in [0.29, 0.717) is 0 Å². The number of pyridine rings is 3. The van der Waals surface area contributed by atoms with Crippen LogP contribution in [0.5, 0.6) is 0 Å². The van der Waals surface area contributed by atoms with E-state index in [1.807, 2.05) is 24.5 Å². The van der Waals surface area contributed by atoms with Crippen molar-refractivity contribution in [1.29, 1.82) is 0 Å². The van der Waals surface area contributed by atoms with Crippen molar-refractivity contribution in [3.05, 3.63) is 164 Å². The third-order valence-corrected chi connectivity index (χ3v) is 9.69. The second kappa shape index (κ2) is 10.5. The molecule has 0 spiro atoms. The highest BCUT2D eigenvalue weighted by atomic mass is 14.8. The zero-order valence-corrected chi connectivity index (χ0v) is 25.9. The summed E-state index contributed by atoms with van der Waals surface area (Å²) in [5.74, 6) is 0. The quantitative estimate of drug-likeness (QED) is 0.186. The molecule has 3 nitrogen and oxygen atoms in total. The minimum atomic E-state index is 0.907. The molecule has 3 aromatic heterocycles. The monoisotopic (exact) mass is 609 g/mol. The van der Waals surface area contributed by atoms with Crippen LogP contribution < -0.4 is 0 Å².